The van der Waals surface area contributed by atoms with Crippen LogP contribution in [0.1, 0.15) is 67.2 Å². The quantitative estimate of drug-likeness (QED) is 0.381. The van der Waals surface area contributed by atoms with E-state index in [9.17, 15) is 5.11 Å². The SMILES string of the molecule is CC(C=CC=C(C)C1C=C2C(C)(C)CC(O)CC2(C)O1)=CC=CC=C(C)CCCO. The lowest BCUT2D eigenvalue weighted by molar-refractivity contribution is -0.0683. The molecule has 3 unspecified atom stereocenters. The fourth-order valence-corrected chi connectivity index (χ4v) is 4.62. The van der Waals surface area contributed by atoms with Gasteiger partial charge in [-0.15, -0.1) is 0 Å². The predicted molar refractivity (Wildman–Crippen MR) is 126 cm³/mol. The maximum Gasteiger partial charge on any atom is 0.0982 e. The van der Waals surface area contributed by atoms with Crippen molar-refractivity contribution in [3.8, 4) is 0 Å². The van der Waals surface area contributed by atoms with Gasteiger partial charge in [0.15, 0.2) is 0 Å². The molecule has 1 heterocycles. The van der Waals surface area contributed by atoms with Gasteiger partial charge in [0.25, 0.3) is 0 Å². The van der Waals surface area contributed by atoms with Crippen molar-refractivity contribution in [1.29, 1.82) is 0 Å². The molecule has 2 aliphatic rings. The number of fused-ring (bicyclic) bond motifs is 1. The van der Waals surface area contributed by atoms with Crippen molar-refractivity contribution in [2.24, 2.45) is 5.41 Å². The molecule has 0 aromatic rings. The highest BCUT2D eigenvalue weighted by Crippen LogP contribution is 2.51. The number of aliphatic hydroxyl groups is 2. The molecule has 0 radical (unpaired) electrons. The second-order valence-corrected chi connectivity index (χ2v) is 9.70. The van der Waals surface area contributed by atoms with Gasteiger partial charge in [-0.3, -0.25) is 0 Å². The van der Waals surface area contributed by atoms with Crippen molar-refractivity contribution in [1.82, 2.24) is 0 Å². The number of hydrogen-bond donors (Lipinski definition) is 2. The van der Waals surface area contributed by atoms with Crippen molar-refractivity contribution in [3.63, 3.8) is 0 Å². The van der Waals surface area contributed by atoms with Crippen LogP contribution in [0.15, 0.2) is 70.9 Å². The molecule has 1 aliphatic carbocycles. The van der Waals surface area contributed by atoms with E-state index in [4.69, 9.17) is 9.84 Å². The summed E-state index contributed by atoms with van der Waals surface area (Å²) < 4.78 is 6.41. The van der Waals surface area contributed by atoms with E-state index in [1.54, 1.807) is 0 Å². The van der Waals surface area contributed by atoms with Crippen LogP contribution in [0, 0.1) is 5.41 Å². The van der Waals surface area contributed by atoms with Crippen molar-refractivity contribution in [2.75, 3.05) is 6.61 Å². The molecule has 0 aromatic heterocycles. The zero-order valence-corrected chi connectivity index (χ0v) is 19.6. The number of ether oxygens (including phenoxy) is 1. The first-order valence-electron chi connectivity index (χ1n) is 11.1. The Morgan fingerprint density at radius 1 is 1.07 bits per heavy atom. The highest BCUT2D eigenvalue weighted by atomic mass is 16.5. The van der Waals surface area contributed by atoms with Crippen LogP contribution >= 0.6 is 0 Å². The van der Waals surface area contributed by atoms with Crippen molar-refractivity contribution in [2.45, 2.75) is 85.0 Å². The van der Waals surface area contributed by atoms with E-state index in [1.165, 1.54) is 22.3 Å². The van der Waals surface area contributed by atoms with Gasteiger partial charge < -0.3 is 14.9 Å². The molecular weight excluding hydrogens is 372 g/mol. The van der Waals surface area contributed by atoms with Gasteiger partial charge in [0.1, 0.15) is 0 Å². The lowest BCUT2D eigenvalue weighted by Crippen LogP contribution is -2.45. The third-order valence-electron chi connectivity index (χ3n) is 6.12. The Labute approximate surface area is 183 Å². The normalized spacial score (nSPS) is 30.3. The second kappa shape index (κ2) is 10.6. The highest BCUT2D eigenvalue weighted by Gasteiger charge is 2.50. The summed E-state index contributed by atoms with van der Waals surface area (Å²) in [4.78, 5) is 0. The zero-order chi connectivity index (χ0) is 22.4. The van der Waals surface area contributed by atoms with Crippen LogP contribution in [0.4, 0.5) is 0 Å². The topological polar surface area (TPSA) is 49.7 Å². The van der Waals surface area contributed by atoms with Crippen molar-refractivity contribution < 1.29 is 14.9 Å². The van der Waals surface area contributed by atoms with Gasteiger partial charge in [-0.25, -0.2) is 0 Å². The molecule has 3 nitrogen and oxygen atoms in total. The summed E-state index contributed by atoms with van der Waals surface area (Å²) >= 11 is 0. The molecule has 3 heteroatoms. The molecule has 0 saturated heterocycles. The maximum atomic E-state index is 10.3. The molecule has 1 aliphatic heterocycles. The van der Waals surface area contributed by atoms with Crippen LogP contribution in [0.3, 0.4) is 0 Å². The Morgan fingerprint density at radius 3 is 2.47 bits per heavy atom. The first kappa shape index (κ1) is 24.6. The zero-order valence-electron chi connectivity index (χ0n) is 19.6. The van der Waals surface area contributed by atoms with Crippen molar-refractivity contribution in [3.05, 3.63) is 70.9 Å². The third-order valence-corrected chi connectivity index (χ3v) is 6.12. The van der Waals surface area contributed by atoms with E-state index in [-0.39, 0.29) is 29.8 Å². The minimum Gasteiger partial charge on any atom is -0.396 e. The first-order chi connectivity index (χ1) is 14.1. The minimum atomic E-state index is -0.367. The van der Waals surface area contributed by atoms with Crippen LogP contribution < -0.4 is 0 Å². The molecule has 3 atom stereocenters. The highest BCUT2D eigenvalue weighted by molar-refractivity contribution is 5.37. The molecule has 2 rings (SSSR count). The largest absolute Gasteiger partial charge is 0.396 e. The van der Waals surface area contributed by atoms with E-state index in [0.29, 0.717) is 6.42 Å². The standard InChI is InChI=1S/C27H40O3/c1-20(11-7-8-12-21(2)14-10-16-28)13-9-15-22(3)24-17-25-26(4,5)18-23(29)19-27(25,6)30-24/h7-9,11-13,15,17,23-24,28-29H,10,14,16,18-19H2,1-6H3. The third kappa shape index (κ3) is 6.66. The molecule has 0 spiro atoms. The summed E-state index contributed by atoms with van der Waals surface area (Å²) in [7, 11) is 0. The Bertz CT molecular complexity index is 776. The van der Waals surface area contributed by atoms with Gasteiger partial charge in [-0.2, -0.15) is 0 Å². The second-order valence-electron chi connectivity index (χ2n) is 9.70. The molecule has 166 valence electrons. The Balaban J connectivity index is 1.98. The molecule has 2 N–H and O–H groups in total. The molecule has 1 saturated carbocycles. The molecule has 30 heavy (non-hydrogen) atoms. The van der Waals surface area contributed by atoms with Crippen molar-refractivity contribution >= 4 is 0 Å². The lowest BCUT2D eigenvalue weighted by atomic mass is 9.65. The average Bonchev–Trinajstić information content (AvgIpc) is 3.01. The Kier molecular flexibility index (Phi) is 8.66. The smallest absolute Gasteiger partial charge is 0.0982 e. The van der Waals surface area contributed by atoms with Crippen LogP contribution in [0.25, 0.3) is 0 Å². The fraction of sp³-hybridized carbons (Fsp3) is 0.556. The average molecular weight is 413 g/mol. The maximum absolute atomic E-state index is 10.3. The van der Waals surface area contributed by atoms with Gasteiger partial charge in [0.05, 0.1) is 17.8 Å². The van der Waals surface area contributed by atoms with E-state index in [0.717, 1.165) is 19.3 Å². The van der Waals surface area contributed by atoms with Crippen LogP contribution in [-0.2, 0) is 4.74 Å². The first-order valence-corrected chi connectivity index (χ1v) is 11.1. The molecular formula is C27H40O3. The van der Waals surface area contributed by atoms with E-state index >= 15 is 0 Å². The van der Waals surface area contributed by atoms with Gasteiger partial charge in [-0.1, -0.05) is 67.5 Å². The monoisotopic (exact) mass is 412 g/mol. The van der Waals surface area contributed by atoms with E-state index in [1.807, 2.05) is 12.2 Å². The summed E-state index contributed by atoms with van der Waals surface area (Å²) in [6, 6.07) is 0. The summed E-state index contributed by atoms with van der Waals surface area (Å²) in [5.41, 5.74) is 4.54. The summed E-state index contributed by atoms with van der Waals surface area (Å²) in [6.07, 6.45) is 19.7. The Hall–Kier alpha value is -1.68. The van der Waals surface area contributed by atoms with E-state index < -0.39 is 0 Å². The van der Waals surface area contributed by atoms with Crippen LogP contribution in [-0.4, -0.2) is 34.6 Å². The van der Waals surface area contributed by atoms with Gasteiger partial charge in [-0.05, 0) is 69.6 Å². The van der Waals surface area contributed by atoms with E-state index in [2.05, 4.69) is 78.0 Å². The summed E-state index contributed by atoms with van der Waals surface area (Å²) in [6.45, 7) is 13.0. The fourth-order valence-electron chi connectivity index (χ4n) is 4.62. The van der Waals surface area contributed by atoms with Gasteiger partial charge in [0.2, 0.25) is 0 Å². The molecule has 1 fully saturated rings. The molecule has 0 amide bonds. The van der Waals surface area contributed by atoms with Crippen LogP contribution in [0.5, 0.6) is 0 Å². The van der Waals surface area contributed by atoms with Crippen LogP contribution in [0.2, 0.25) is 0 Å². The predicted octanol–water partition coefficient (Wildman–Crippen LogP) is 5.98. The Morgan fingerprint density at radius 2 is 1.77 bits per heavy atom. The van der Waals surface area contributed by atoms with Gasteiger partial charge in [0, 0.05) is 13.0 Å². The lowest BCUT2D eigenvalue weighted by Gasteiger charge is -2.44. The summed E-state index contributed by atoms with van der Waals surface area (Å²) in [5, 5.41) is 19.1. The summed E-state index contributed by atoms with van der Waals surface area (Å²) in [5.74, 6) is 0. The number of aliphatic hydroxyl groups excluding tert-OH is 2. The number of allylic oxidation sites excluding steroid dienone is 9. The number of hydrogen-bond acceptors (Lipinski definition) is 3. The number of rotatable bonds is 8. The molecule has 0 aromatic carbocycles. The minimum absolute atomic E-state index is 0.0320. The molecule has 0 bridgehead atoms. The van der Waals surface area contributed by atoms with Gasteiger partial charge >= 0.3 is 0 Å².